The molecule has 7 heteroatoms. The first-order valence-electron chi connectivity index (χ1n) is 19.8. The van der Waals surface area contributed by atoms with Crippen molar-refractivity contribution in [3.63, 3.8) is 0 Å². The number of hydrogen-bond donors (Lipinski definition) is 0. The molecule has 2 heterocycles. The van der Waals surface area contributed by atoms with E-state index >= 15 is 8.78 Å². The minimum atomic E-state index is -0.162. The average Bonchev–Trinajstić information content (AvgIpc) is 3.17. The van der Waals surface area contributed by atoms with Crippen molar-refractivity contribution in [1.29, 1.82) is 0 Å². The van der Waals surface area contributed by atoms with Crippen LogP contribution in [0.3, 0.4) is 0 Å². The maximum absolute atomic E-state index is 15.1. The van der Waals surface area contributed by atoms with Gasteiger partial charge in [-0.2, -0.15) is 0 Å². The van der Waals surface area contributed by atoms with Gasteiger partial charge in [0, 0.05) is 23.7 Å². The zero-order valence-corrected chi connectivity index (χ0v) is 30.6. The summed E-state index contributed by atoms with van der Waals surface area (Å²) in [6, 6.07) is 11.4. The molecule has 0 bridgehead atoms. The van der Waals surface area contributed by atoms with E-state index in [0.717, 1.165) is 115 Å². The van der Waals surface area contributed by atoms with Gasteiger partial charge in [0.05, 0.1) is 39.6 Å². The van der Waals surface area contributed by atoms with Crippen molar-refractivity contribution in [2.24, 2.45) is 23.7 Å². The van der Waals surface area contributed by atoms with Gasteiger partial charge >= 0.3 is 0 Å². The Labute approximate surface area is 305 Å². The Balaban J connectivity index is 0.862. The van der Waals surface area contributed by atoms with E-state index in [-0.39, 0.29) is 24.2 Å². The summed E-state index contributed by atoms with van der Waals surface area (Å²) in [4.78, 5) is 0. The van der Waals surface area contributed by atoms with E-state index in [2.05, 4.69) is 25.3 Å². The van der Waals surface area contributed by atoms with Crippen molar-refractivity contribution >= 4 is 0 Å². The molecule has 2 aliphatic heterocycles. The van der Waals surface area contributed by atoms with Gasteiger partial charge in [-0.1, -0.05) is 36.4 Å². The molecule has 2 aromatic carbocycles. The summed E-state index contributed by atoms with van der Waals surface area (Å²) in [5.74, 6) is 2.17. The lowest BCUT2D eigenvalue weighted by molar-refractivity contribution is -0.229. The van der Waals surface area contributed by atoms with E-state index < -0.39 is 0 Å². The van der Waals surface area contributed by atoms with E-state index in [9.17, 15) is 0 Å². The van der Waals surface area contributed by atoms with Crippen LogP contribution in [0.4, 0.5) is 8.78 Å². The molecule has 0 radical (unpaired) electrons. The molecular formula is C44H60F2O5. The second-order valence-corrected chi connectivity index (χ2v) is 15.6. The molecule has 6 rings (SSSR count). The van der Waals surface area contributed by atoms with Crippen LogP contribution in [0.25, 0.3) is 0 Å². The summed E-state index contributed by atoms with van der Waals surface area (Å²) >= 11 is 0. The highest BCUT2D eigenvalue weighted by molar-refractivity contribution is 5.29. The molecule has 0 spiro atoms. The fourth-order valence-corrected chi connectivity index (χ4v) is 8.66. The van der Waals surface area contributed by atoms with E-state index in [1.54, 1.807) is 12.1 Å². The smallest absolute Gasteiger partial charge is 0.160 e. The van der Waals surface area contributed by atoms with Crippen molar-refractivity contribution in [1.82, 2.24) is 0 Å². The highest BCUT2D eigenvalue weighted by atomic mass is 19.1. The van der Waals surface area contributed by atoms with Crippen LogP contribution in [-0.2, 0) is 36.5 Å². The SMILES string of the molecule is C=CCCC1COC(C2CCC(c3ccc(CCOCCc4ccc(C5CCC(C6OCC(CCC=C)CO6)CC5)cc4F)c(F)c3)CC2)OC1. The number of rotatable bonds is 16. The predicted octanol–water partition coefficient (Wildman–Crippen LogP) is 10.2. The van der Waals surface area contributed by atoms with Crippen LogP contribution in [0.5, 0.6) is 0 Å². The Bertz CT molecular complexity index is 1260. The summed E-state index contributed by atoms with van der Waals surface area (Å²) < 4.78 is 60.4. The molecule has 0 aromatic heterocycles. The molecule has 0 atom stereocenters. The number of hydrogen-bond acceptors (Lipinski definition) is 5. The Kier molecular flexibility index (Phi) is 14.7. The van der Waals surface area contributed by atoms with Crippen LogP contribution in [0.15, 0.2) is 61.7 Å². The van der Waals surface area contributed by atoms with Crippen LogP contribution in [0.2, 0.25) is 0 Å². The van der Waals surface area contributed by atoms with Crippen molar-refractivity contribution in [2.45, 2.75) is 114 Å². The lowest BCUT2D eigenvalue weighted by atomic mass is 9.78. The zero-order chi connectivity index (χ0) is 35.4. The summed E-state index contributed by atoms with van der Waals surface area (Å²) in [7, 11) is 0. The first-order valence-corrected chi connectivity index (χ1v) is 19.8. The molecule has 2 aromatic rings. The van der Waals surface area contributed by atoms with E-state index in [4.69, 9.17) is 23.7 Å². The molecule has 5 nitrogen and oxygen atoms in total. The largest absolute Gasteiger partial charge is 0.381 e. The fraction of sp³-hybridized carbons (Fsp3) is 0.636. The Morgan fingerprint density at radius 2 is 0.980 bits per heavy atom. The summed E-state index contributed by atoms with van der Waals surface area (Å²) in [6.45, 7) is 11.5. The highest BCUT2D eigenvalue weighted by Crippen LogP contribution is 2.41. The van der Waals surface area contributed by atoms with Gasteiger partial charge < -0.3 is 23.7 Å². The zero-order valence-electron chi connectivity index (χ0n) is 30.6. The van der Waals surface area contributed by atoms with E-state index in [1.165, 1.54) is 0 Å². The van der Waals surface area contributed by atoms with Gasteiger partial charge in [-0.3, -0.25) is 0 Å². The summed E-state index contributed by atoms with van der Waals surface area (Å²) in [5.41, 5.74) is 3.50. The maximum Gasteiger partial charge on any atom is 0.160 e. The second-order valence-electron chi connectivity index (χ2n) is 15.6. The fourth-order valence-electron chi connectivity index (χ4n) is 8.66. The summed E-state index contributed by atoms with van der Waals surface area (Å²) in [5, 5.41) is 0. The molecular weight excluding hydrogens is 646 g/mol. The van der Waals surface area contributed by atoms with Crippen LogP contribution in [0.1, 0.15) is 111 Å². The molecule has 51 heavy (non-hydrogen) atoms. The third kappa shape index (κ3) is 10.8. The molecule has 4 aliphatic rings. The normalized spacial score (nSPS) is 30.2. The van der Waals surface area contributed by atoms with Crippen LogP contribution in [0, 0.1) is 35.3 Å². The van der Waals surface area contributed by atoms with Gasteiger partial charge in [0.15, 0.2) is 12.6 Å². The number of halogens is 2. The molecule has 2 saturated heterocycles. The van der Waals surface area contributed by atoms with Gasteiger partial charge in [0.1, 0.15) is 11.6 Å². The number of allylic oxidation sites excluding steroid dienone is 2. The monoisotopic (exact) mass is 706 g/mol. The van der Waals surface area contributed by atoms with Gasteiger partial charge in [-0.25, -0.2) is 8.78 Å². The average molecular weight is 707 g/mol. The van der Waals surface area contributed by atoms with Gasteiger partial charge in [-0.05, 0) is 136 Å². The van der Waals surface area contributed by atoms with Crippen molar-refractivity contribution in [3.8, 4) is 0 Å². The number of benzene rings is 2. The van der Waals surface area contributed by atoms with Crippen LogP contribution < -0.4 is 0 Å². The third-order valence-electron chi connectivity index (χ3n) is 12.0. The van der Waals surface area contributed by atoms with E-state index in [0.29, 0.717) is 72.7 Å². The Morgan fingerprint density at radius 1 is 0.588 bits per heavy atom. The molecule has 0 amide bonds. The van der Waals surface area contributed by atoms with Crippen molar-refractivity contribution in [3.05, 3.63) is 95.6 Å². The topological polar surface area (TPSA) is 46.2 Å². The lowest BCUT2D eigenvalue weighted by Gasteiger charge is -2.37. The number of ether oxygens (including phenoxy) is 5. The van der Waals surface area contributed by atoms with Crippen molar-refractivity contribution in [2.75, 3.05) is 39.6 Å². The molecule has 0 unspecified atom stereocenters. The maximum atomic E-state index is 15.1. The predicted molar refractivity (Wildman–Crippen MR) is 198 cm³/mol. The second kappa shape index (κ2) is 19.6. The van der Waals surface area contributed by atoms with Crippen LogP contribution in [-0.4, -0.2) is 52.2 Å². The lowest BCUT2D eigenvalue weighted by Crippen LogP contribution is -2.38. The van der Waals surface area contributed by atoms with Gasteiger partial charge in [-0.15, -0.1) is 13.2 Å². The Hall–Kier alpha value is -2.42. The standard InChI is InChI=1S/C44H60F2O5/c1-3-5-7-31-27-48-43(49-28-31)37-15-9-33(10-16-37)39-19-13-35(41(45)25-39)21-23-47-24-22-36-14-20-40(26-42(36)46)34-11-17-38(18-12-34)44-50-29-32(30-51-44)8-6-4-2/h3-4,13-14,19-20,25-26,31-34,37-38,43-44H,1-2,5-12,15-18,21-24,27-30H2. The molecule has 2 aliphatic carbocycles. The molecule has 0 N–H and O–H groups in total. The summed E-state index contributed by atoms with van der Waals surface area (Å²) in [6.07, 6.45) is 17.1. The Morgan fingerprint density at radius 3 is 1.33 bits per heavy atom. The molecule has 4 fully saturated rings. The molecule has 2 saturated carbocycles. The van der Waals surface area contributed by atoms with Crippen molar-refractivity contribution < 1.29 is 32.5 Å². The third-order valence-corrected chi connectivity index (χ3v) is 12.0. The first kappa shape index (κ1) is 38.3. The van der Waals surface area contributed by atoms with Gasteiger partial charge in [0.25, 0.3) is 0 Å². The highest BCUT2D eigenvalue weighted by Gasteiger charge is 2.34. The van der Waals surface area contributed by atoms with Gasteiger partial charge in [0.2, 0.25) is 0 Å². The quantitative estimate of drug-likeness (QED) is 0.128. The van der Waals surface area contributed by atoms with Crippen LogP contribution >= 0.6 is 0 Å². The minimum Gasteiger partial charge on any atom is -0.381 e. The first-order chi connectivity index (χ1) is 25.0. The minimum absolute atomic E-state index is 0.101. The van der Waals surface area contributed by atoms with E-state index in [1.807, 2.05) is 24.3 Å². The molecule has 280 valence electrons.